The summed E-state index contributed by atoms with van der Waals surface area (Å²) in [5.74, 6) is -1.23. The molecule has 2 amide bonds. The Morgan fingerprint density at radius 1 is 1.30 bits per heavy atom. The van der Waals surface area contributed by atoms with Crippen LogP contribution in [-0.4, -0.2) is 34.9 Å². The molecule has 1 aliphatic rings. The van der Waals surface area contributed by atoms with E-state index < -0.39 is 12.1 Å². The second kappa shape index (κ2) is 8.05. The maximum atomic E-state index is 12.1. The zero-order chi connectivity index (χ0) is 16.8. The first-order chi connectivity index (χ1) is 11.0. The fourth-order valence-corrected chi connectivity index (χ4v) is 3.14. The number of nitrogens with zero attached hydrogens (tertiary/aromatic N) is 1. The SMILES string of the molecule is CC(=O)Nc1nc(C(=O)OC(C)C(=O)NC2CCCCC2)cs1. The standard InChI is InChI=1S/C15H21N3O4S/c1-9(13(20)17-11-6-4-3-5-7-11)22-14(21)12-8-23-15(18-12)16-10(2)19/h8-9,11H,3-7H2,1-2H3,(H,17,20)(H,16,18,19). The van der Waals surface area contributed by atoms with Crippen LogP contribution in [-0.2, 0) is 14.3 Å². The lowest BCUT2D eigenvalue weighted by atomic mass is 9.95. The third kappa shape index (κ3) is 5.31. The molecule has 0 radical (unpaired) electrons. The Bertz CT molecular complexity index is 581. The lowest BCUT2D eigenvalue weighted by Gasteiger charge is -2.24. The van der Waals surface area contributed by atoms with Crippen LogP contribution < -0.4 is 10.6 Å². The van der Waals surface area contributed by atoms with Crippen LogP contribution in [0.3, 0.4) is 0 Å². The van der Waals surface area contributed by atoms with Crippen LogP contribution in [0.4, 0.5) is 5.13 Å². The molecule has 2 rings (SSSR count). The van der Waals surface area contributed by atoms with E-state index in [4.69, 9.17) is 4.74 Å². The lowest BCUT2D eigenvalue weighted by molar-refractivity contribution is -0.130. The molecule has 2 N–H and O–H groups in total. The Hall–Kier alpha value is -1.96. The van der Waals surface area contributed by atoms with Crippen LogP contribution in [0.2, 0.25) is 0 Å². The molecular formula is C15H21N3O4S. The molecule has 0 bridgehead atoms. The summed E-state index contributed by atoms with van der Waals surface area (Å²) in [6, 6.07) is 0.169. The van der Waals surface area contributed by atoms with Gasteiger partial charge in [-0.1, -0.05) is 19.3 Å². The summed E-state index contributed by atoms with van der Waals surface area (Å²) < 4.78 is 5.14. The monoisotopic (exact) mass is 339 g/mol. The summed E-state index contributed by atoms with van der Waals surface area (Å²) in [7, 11) is 0. The zero-order valence-electron chi connectivity index (χ0n) is 13.3. The van der Waals surface area contributed by atoms with Gasteiger partial charge in [0.05, 0.1) is 0 Å². The first kappa shape index (κ1) is 17.4. The van der Waals surface area contributed by atoms with Crippen molar-refractivity contribution in [2.24, 2.45) is 0 Å². The molecule has 23 heavy (non-hydrogen) atoms. The number of amides is 2. The van der Waals surface area contributed by atoms with Crippen molar-refractivity contribution in [3.8, 4) is 0 Å². The van der Waals surface area contributed by atoms with Gasteiger partial charge in [0.25, 0.3) is 5.91 Å². The number of carbonyl (C=O) groups excluding carboxylic acids is 3. The number of ether oxygens (including phenoxy) is 1. The van der Waals surface area contributed by atoms with Gasteiger partial charge >= 0.3 is 5.97 Å². The second-order valence-corrected chi connectivity index (χ2v) is 6.47. The number of hydrogen-bond donors (Lipinski definition) is 2. The first-order valence-electron chi connectivity index (χ1n) is 7.70. The molecule has 0 aromatic carbocycles. The highest BCUT2D eigenvalue weighted by Gasteiger charge is 2.23. The van der Waals surface area contributed by atoms with Gasteiger partial charge in [-0.2, -0.15) is 0 Å². The summed E-state index contributed by atoms with van der Waals surface area (Å²) in [6.07, 6.45) is 4.50. The van der Waals surface area contributed by atoms with Crippen LogP contribution in [0.25, 0.3) is 0 Å². The maximum Gasteiger partial charge on any atom is 0.358 e. The normalized spacial score (nSPS) is 16.4. The van der Waals surface area contributed by atoms with E-state index in [1.165, 1.54) is 25.6 Å². The largest absolute Gasteiger partial charge is 0.448 e. The molecule has 8 heteroatoms. The number of carbonyl (C=O) groups is 3. The number of thiazole rings is 1. The minimum atomic E-state index is -0.879. The van der Waals surface area contributed by atoms with Crippen molar-refractivity contribution in [3.05, 3.63) is 11.1 Å². The van der Waals surface area contributed by atoms with E-state index >= 15 is 0 Å². The third-order valence-electron chi connectivity index (χ3n) is 3.60. The van der Waals surface area contributed by atoms with Crippen LogP contribution >= 0.6 is 11.3 Å². The Morgan fingerprint density at radius 2 is 2.00 bits per heavy atom. The second-order valence-electron chi connectivity index (χ2n) is 5.61. The van der Waals surface area contributed by atoms with Crippen LogP contribution in [0, 0.1) is 0 Å². The number of aromatic nitrogens is 1. The summed E-state index contributed by atoms with van der Waals surface area (Å²) >= 11 is 1.13. The van der Waals surface area contributed by atoms with E-state index in [-0.39, 0.29) is 23.6 Å². The van der Waals surface area contributed by atoms with E-state index in [0.29, 0.717) is 5.13 Å². The van der Waals surface area contributed by atoms with Gasteiger partial charge < -0.3 is 15.4 Å². The smallest absolute Gasteiger partial charge is 0.358 e. The number of anilines is 1. The van der Waals surface area contributed by atoms with Crippen molar-refractivity contribution in [1.29, 1.82) is 0 Å². The minimum Gasteiger partial charge on any atom is -0.448 e. The number of rotatable bonds is 5. The van der Waals surface area contributed by atoms with Gasteiger partial charge in [0.1, 0.15) is 0 Å². The molecule has 1 heterocycles. The van der Waals surface area contributed by atoms with Crippen molar-refractivity contribution in [2.75, 3.05) is 5.32 Å². The summed E-state index contributed by atoms with van der Waals surface area (Å²) in [4.78, 5) is 38.9. The predicted octanol–water partition coefficient (Wildman–Crippen LogP) is 2.10. The quantitative estimate of drug-likeness (QED) is 0.801. The van der Waals surface area contributed by atoms with E-state index in [9.17, 15) is 14.4 Å². The molecule has 1 aromatic heterocycles. The van der Waals surface area contributed by atoms with Gasteiger partial charge in [0.2, 0.25) is 5.91 Å². The first-order valence-corrected chi connectivity index (χ1v) is 8.58. The molecule has 1 unspecified atom stereocenters. The molecule has 126 valence electrons. The summed E-state index contributed by atoms with van der Waals surface area (Å²) in [6.45, 7) is 2.90. The van der Waals surface area contributed by atoms with Crippen molar-refractivity contribution in [1.82, 2.24) is 10.3 Å². The van der Waals surface area contributed by atoms with Crippen molar-refractivity contribution in [3.63, 3.8) is 0 Å². The number of hydrogen-bond acceptors (Lipinski definition) is 6. The van der Waals surface area contributed by atoms with Crippen molar-refractivity contribution >= 4 is 34.3 Å². The molecule has 1 aromatic rings. The van der Waals surface area contributed by atoms with Crippen LogP contribution in [0.15, 0.2) is 5.38 Å². The molecule has 1 fully saturated rings. The summed E-state index contributed by atoms with van der Waals surface area (Å²) in [5.41, 5.74) is 0.0797. The number of esters is 1. The molecule has 0 saturated heterocycles. The van der Waals surface area contributed by atoms with Gasteiger partial charge in [-0.3, -0.25) is 9.59 Å². The molecule has 0 spiro atoms. The Morgan fingerprint density at radius 3 is 2.65 bits per heavy atom. The van der Waals surface area contributed by atoms with Gasteiger partial charge in [-0.05, 0) is 19.8 Å². The molecule has 1 saturated carbocycles. The molecule has 7 nitrogen and oxygen atoms in total. The van der Waals surface area contributed by atoms with E-state index in [2.05, 4.69) is 15.6 Å². The van der Waals surface area contributed by atoms with Gasteiger partial charge in [0, 0.05) is 18.3 Å². The van der Waals surface area contributed by atoms with Crippen molar-refractivity contribution < 1.29 is 19.1 Å². The zero-order valence-corrected chi connectivity index (χ0v) is 14.1. The minimum absolute atomic E-state index is 0.0797. The maximum absolute atomic E-state index is 12.1. The van der Waals surface area contributed by atoms with E-state index in [0.717, 1.165) is 37.0 Å². The average molecular weight is 339 g/mol. The lowest BCUT2D eigenvalue weighted by Crippen LogP contribution is -2.42. The van der Waals surface area contributed by atoms with E-state index in [1.807, 2.05) is 0 Å². The highest BCUT2D eigenvalue weighted by Crippen LogP contribution is 2.18. The van der Waals surface area contributed by atoms with Gasteiger partial charge in [-0.15, -0.1) is 11.3 Å². The third-order valence-corrected chi connectivity index (χ3v) is 4.36. The van der Waals surface area contributed by atoms with E-state index in [1.54, 1.807) is 0 Å². The van der Waals surface area contributed by atoms with Gasteiger partial charge in [0.15, 0.2) is 16.9 Å². The van der Waals surface area contributed by atoms with Crippen LogP contribution in [0.1, 0.15) is 56.4 Å². The molecular weight excluding hydrogens is 318 g/mol. The summed E-state index contributed by atoms with van der Waals surface area (Å²) in [5, 5.41) is 7.22. The van der Waals surface area contributed by atoms with Gasteiger partial charge in [-0.25, -0.2) is 9.78 Å². The highest BCUT2D eigenvalue weighted by molar-refractivity contribution is 7.14. The predicted molar refractivity (Wildman–Crippen MR) is 86.3 cm³/mol. The highest BCUT2D eigenvalue weighted by atomic mass is 32.1. The van der Waals surface area contributed by atoms with Crippen molar-refractivity contribution in [2.45, 2.75) is 58.1 Å². The fourth-order valence-electron chi connectivity index (χ4n) is 2.42. The Balaban J connectivity index is 1.84. The molecule has 1 atom stereocenters. The number of nitrogens with one attached hydrogen (secondary N) is 2. The Labute approximate surface area is 138 Å². The molecule has 1 aliphatic carbocycles. The molecule has 0 aliphatic heterocycles. The Kier molecular flexibility index (Phi) is 6.09. The van der Waals surface area contributed by atoms with Crippen LogP contribution in [0.5, 0.6) is 0 Å². The fraction of sp³-hybridized carbons (Fsp3) is 0.600. The topological polar surface area (TPSA) is 97.4 Å². The average Bonchev–Trinajstić information content (AvgIpc) is 2.96.